The maximum atomic E-state index is 12.6. The van der Waals surface area contributed by atoms with Crippen LogP contribution in [0.2, 0.25) is 0 Å². The first-order chi connectivity index (χ1) is 13.2. The van der Waals surface area contributed by atoms with Crippen LogP contribution in [0.3, 0.4) is 0 Å². The van der Waals surface area contributed by atoms with Crippen molar-refractivity contribution in [1.29, 1.82) is 0 Å². The number of carbonyl (C=O) groups is 1. The molecule has 0 bridgehead atoms. The molecular formula is C22H28N2O3. The molecule has 0 saturated carbocycles. The smallest absolute Gasteiger partial charge is 0.251 e. The third-order valence-corrected chi connectivity index (χ3v) is 5.27. The van der Waals surface area contributed by atoms with Gasteiger partial charge in [0.2, 0.25) is 0 Å². The molecule has 1 aliphatic rings. The van der Waals surface area contributed by atoms with E-state index in [-0.39, 0.29) is 11.3 Å². The zero-order valence-corrected chi connectivity index (χ0v) is 15.9. The predicted octanol–water partition coefficient (Wildman–Crippen LogP) is 3.02. The fourth-order valence-corrected chi connectivity index (χ4v) is 3.54. The standard InChI is InChI=1S/C22H28N2O3/c1-2-27-20-9-7-19(8-10-20)22(11-13-26-14-12-22)16-24-21(25)18-5-3-17(15-23)4-6-18/h3-10H,2,11-16,23H2,1H3,(H,24,25). The molecule has 0 unspecified atom stereocenters. The van der Waals surface area contributed by atoms with Crippen molar-refractivity contribution in [3.8, 4) is 5.75 Å². The summed E-state index contributed by atoms with van der Waals surface area (Å²) in [6.07, 6.45) is 1.76. The first-order valence-corrected chi connectivity index (χ1v) is 9.55. The zero-order chi connectivity index (χ0) is 19.1. The summed E-state index contributed by atoms with van der Waals surface area (Å²) >= 11 is 0. The lowest BCUT2D eigenvalue weighted by Crippen LogP contribution is -2.44. The average Bonchev–Trinajstić information content (AvgIpc) is 2.73. The van der Waals surface area contributed by atoms with E-state index in [4.69, 9.17) is 15.2 Å². The fourth-order valence-electron chi connectivity index (χ4n) is 3.54. The molecule has 1 fully saturated rings. The number of benzene rings is 2. The summed E-state index contributed by atoms with van der Waals surface area (Å²) in [6.45, 7) is 5.09. The van der Waals surface area contributed by atoms with Crippen LogP contribution in [-0.4, -0.2) is 32.3 Å². The Labute approximate surface area is 160 Å². The molecule has 2 aromatic carbocycles. The maximum Gasteiger partial charge on any atom is 0.251 e. The molecule has 27 heavy (non-hydrogen) atoms. The number of nitrogens with one attached hydrogen (secondary N) is 1. The highest BCUT2D eigenvalue weighted by atomic mass is 16.5. The van der Waals surface area contributed by atoms with Crippen molar-refractivity contribution in [2.75, 3.05) is 26.4 Å². The maximum absolute atomic E-state index is 12.6. The minimum atomic E-state index is -0.115. The molecule has 1 saturated heterocycles. The van der Waals surface area contributed by atoms with Crippen LogP contribution in [-0.2, 0) is 16.7 Å². The molecule has 5 heteroatoms. The molecule has 0 aromatic heterocycles. The van der Waals surface area contributed by atoms with Crippen LogP contribution in [0.25, 0.3) is 0 Å². The highest BCUT2D eigenvalue weighted by Gasteiger charge is 2.35. The molecule has 1 heterocycles. The molecular weight excluding hydrogens is 340 g/mol. The van der Waals surface area contributed by atoms with Crippen molar-refractivity contribution in [2.24, 2.45) is 5.73 Å². The third kappa shape index (κ3) is 4.67. The number of ether oxygens (including phenoxy) is 2. The Kier molecular flexibility index (Phi) is 6.48. The third-order valence-electron chi connectivity index (χ3n) is 5.27. The lowest BCUT2D eigenvalue weighted by Gasteiger charge is -2.38. The molecule has 3 N–H and O–H groups in total. The Morgan fingerprint density at radius 1 is 1.11 bits per heavy atom. The summed E-state index contributed by atoms with van der Waals surface area (Å²) in [7, 11) is 0. The van der Waals surface area contributed by atoms with Crippen LogP contribution in [0.1, 0.15) is 41.3 Å². The number of hydrogen-bond acceptors (Lipinski definition) is 4. The SMILES string of the molecule is CCOc1ccc(C2(CNC(=O)c3ccc(CN)cc3)CCOCC2)cc1. The Morgan fingerprint density at radius 3 is 2.37 bits per heavy atom. The second kappa shape index (κ2) is 9.02. The van der Waals surface area contributed by atoms with E-state index in [9.17, 15) is 4.79 Å². The van der Waals surface area contributed by atoms with Crippen LogP contribution >= 0.6 is 0 Å². The molecule has 1 amide bonds. The van der Waals surface area contributed by atoms with Gasteiger partial charge >= 0.3 is 0 Å². The second-order valence-corrected chi connectivity index (χ2v) is 6.93. The fraction of sp³-hybridized carbons (Fsp3) is 0.409. The van der Waals surface area contributed by atoms with E-state index in [1.54, 1.807) is 0 Å². The molecule has 0 atom stereocenters. The van der Waals surface area contributed by atoms with E-state index in [2.05, 4.69) is 17.4 Å². The van der Waals surface area contributed by atoms with E-state index in [0.717, 1.165) is 24.2 Å². The number of amides is 1. The van der Waals surface area contributed by atoms with Gasteiger partial charge in [-0.05, 0) is 55.2 Å². The lowest BCUT2D eigenvalue weighted by molar-refractivity contribution is 0.0487. The number of rotatable bonds is 7. The molecule has 0 spiro atoms. The van der Waals surface area contributed by atoms with E-state index in [0.29, 0.717) is 38.5 Å². The zero-order valence-electron chi connectivity index (χ0n) is 15.9. The van der Waals surface area contributed by atoms with Gasteiger partial charge in [0.15, 0.2) is 0 Å². The van der Waals surface area contributed by atoms with Gasteiger partial charge in [0.05, 0.1) is 6.61 Å². The summed E-state index contributed by atoms with van der Waals surface area (Å²) < 4.78 is 11.1. The summed E-state index contributed by atoms with van der Waals surface area (Å²) in [6, 6.07) is 15.7. The first-order valence-electron chi connectivity index (χ1n) is 9.55. The molecule has 0 radical (unpaired) electrons. The minimum Gasteiger partial charge on any atom is -0.494 e. The molecule has 144 valence electrons. The van der Waals surface area contributed by atoms with Crippen molar-refractivity contribution in [3.63, 3.8) is 0 Å². The summed E-state index contributed by atoms with van der Waals surface area (Å²) in [5, 5.41) is 3.13. The molecule has 1 aliphatic heterocycles. The second-order valence-electron chi connectivity index (χ2n) is 6.93. The number of carbonyl (C=O) groups excluding carboxylic acids is 1. The quantitative estimate of drug-likeness (QED) is 0.788. The van der Waals surface area contributed by atoms with Gasteiger partial charge < -0.3 is 20.5 Å². The van der Waals surface area contributed by atoms with Crippen molar-refractivity contribution in [3.05, 3.63) is 65.2 Å². The predicted molar refractivity (Wildman–Crippen MR) is 106 cm³/mol. The first kappa shape index (κ1) is 19.4. The van der Waals surface area contributed by atoms with Gasteiger partial charge in [-0.3, -0.25) is 4.79 Å². The van der Waals surface area contributed by atoms with Gasteiger partial charge in [0.25, 0.3) is 5.91 Å². The Balaban J connectivity index is 1.73. The highest BCUT2D eigenvalue weighted by Crippen LogP contribution is 2.35. The van der Waals surface area contributed by atoms with Gasteiger partial charge in [-0.1, -0.05) is 24.3 Å². The van der Waals surface area contributed by atoms with E-state index in [1.165, 1.54) is 5.56 Å². The van der Waals surface area contributed by atoms with Gasteiger partial charge in [-0.2, -0.15) is 0 Å². The van der Waals surface area contributed by atoms with Gasteiger partial charge in [0.1, 0.15) is 5.75 Å². The van der Waals surface area contributed by atoms with E-state index in [1.807, 2.05) is 43.3 Å². The average molecular weight is 368 g/mol. The molecule has 5 nitrogen and oxygen atoms in total. The van der Waals surface area contributed by atoms with Crippen LogP contribution in [0.4, 0.5) is 0 Å². The molecule has 0 aliphatic carbocycles. The molecule has 3 rings (SSSR count). The Hall–Kier alpha value is -2.37. The Bertz CT molecular complexity index is 735. The monoisotopic (exact) mass is 368 g/mol. The highest BCUT2D eigenvalue weighted by molar-refractivity contribution is 5.94. The Morgan fingerprint density at radius 2 is 1.78 bits per heavy atom. The summed E-state index contributed by atoms with van der Waals surface area (Å²) in [4.78, 5) is 12.6. The van der Waals surface area contributed by atoms with Crippen LogP contribution in [0, 0.1) is 0 Å². The van der Waals surface area contributed by atoms with Crippen molar-refractivity contribution in [1.82, 2.24) is 5.32 Å². The minimum absolute atomic E-state index is 0.0598. The summed E-state index contributed by atoms with van der Waals surface area (Å²) in [5.74, 6) is 0.808. The van der Waals surface area contributed by atoms with Crippen LogP contribution < -0.4 is 15.8 Å². The van der Waals surface area contributed by atoms with Crippen LogP contribution in [0.5, 0.6) is 5.75 Å². The summed E-state index contributed by atoms with van der Waals surface area (Å²) in [5.41, 5.74) is 8.39. The van der Waals surface area contributed by atoms with E-state index < -0.39 is 0 Å². The normalized spacial score (nSPS) is 15.9. The molecule has 2 aromatic rings. The number of hydrogen-bond donors (Lipinski definition) is 2. The van der Waals surface area contributed by atoms with Crippen molar-refractivity contribution >= 4 is 5.91 Å². The van der Waals surface area contributed by atoms with Gasteiger partial charge in [-0.25, -0.2) is 0 Å². The van der Waals surface area contributed by atoms with E-state index >= 15 is 0 Å². The number of nitrogens with two attached hydrogens (primary N) is 1. The lowest BCUT2D eigenvalue weighted by atomic mass is 9.74. The van der Waals surface area contributed by atoms with Gasteiger partial charge in [-0.15, -0.1) is 0 Å². The van der Waals surface area contributed by atoms with Crippen LogP contribution in [0.15, 0.2) is 48.5 Å². The van der Waals surface area contributed by atoms with Crippen molar-refractivity contribution < 1.29 is 14.3 Å². The topological polar surface area (TPSA) is 73.6 Å². The van der Waals surface area contributed by atoms with Gasteiger partial charge in [0, 0.05) is 37.3 Å². The van der Waals surface area contributed by atoms with Crippen molar-refractivity contribution in [2.45, 2.75) is 31.7 Å². The largest absolute Gasteiger partial charge is 0.494 e.